The summed E-state index contributed by atoms with van der Waals surface area (Å²) in [6.45, 7) is 2.70. The van der Waals surface area contributed by atoms with Crippen LogP contribution in [0.3, 0.4) is 0 Å². The molecule has 0 amide bonds. The zero-order valence-electron chi connectivity index (χ0n) is 9.22. The van der Waals surface area contributed by atoms with E-state index >= 15 is 0 Å². The highest BCUT2D eigenvalue weighted by molar-refractivity contribution is 9.10. The van der Waals surface area contributed by atoms with E-state index in [2.05, 4.69) is 15.9 Å². The van der Waals surface area contributed by atoms with Gasteiger partial charge in [0.15, 0.2) is 6.10 Å². The zero-order valence-corrected chi connectivity index (χ0v) is 10.8. The van der Waals surface area contributed by atoms with E-state index < -0.39 is 12.1 Å². The SMILES string of the molecule is CCn1cc(C(O)C(=O)O)c2cc(Br)ccc21. The van der Waals surface area contributed by atoms with Gasteiger partial charge in [-0.15, -0.1) is 0 Å². The number of aryl methyl sites for hydroxylation is 1. The van der Waals surface area contributed by atoms with E-state index in [1.54, 1.807) is 6.20 Å². The minimum Gasteiger partial charge on any atom is -0.479 e. The van der Waals surface area contributed by atoms with Crippen LogP contribution in [0.4, 0.5) is 0 Å². The van der Waals surface area contributed by atoms with Crippen LogP contribution in [0.1, 0.15) is 18.6 Å². The Labute approximate surface area is 107 Å². The number of aliphatic carboxylic acids is 1. The van der Waals surface area contributed by atoms with Gasteiger partial charge in [-0.25, -0.2) is 4.79 Å². The molecule has 2 N–H and O–H groups in total. The predicted octanol–water partition coefficient (Wildman–Crippen LogP) is 2.54. The van der Waals surface area contributed by atoms with Gasteiger partial charge in [0.2, 0.25) is 0 Å². The minimum absolute atomic E-state index is 0.427. The molecule has 0 saturated heterocycles. The third-order valence-corrected chi connectivity index (χ3v) is 3.24. The maximum Gasteiger partial charge on any atom is 0.337 e. The number of aromatic nitrogens is 1. The summed E-state index contributed by atoms with van der Waals surface area (Å²) in [6, 6.07) is 5.62. The molecule has 90 valence electrons. The first-order chi connectivity index (χ1) is 8.04. The van der Waals surface area contributed by atoms with Crippen LogP contribution in [0.5, 0.6) is 0 Å². The standard InChI is InChI=1S/C12H12BrNO3/c1-2-14-6-9(11(15)12(16)17)8-5-7(13)3-4-10(8)14/h3-6,11,15H,2H2,1H3,(H,16,17). The molecule has 0 bridgehead atoms. The second-order valence-electron chi connectivity index (χ2n) is 3.77. The Morgan fingerprint density at radius 3 is 2.82 bits per heavy atom. The van der Waals surface area contributed by atoms with Gasteiger partial charge in [-0.2, -0.15) is 0 Å². The summed E-state index contributed by atoms with van der Waals surface area (Å²) in [7, 11) is 0. The van der Waals surface area contributed by atoms with Gasteiger partial charge in [0.05, 0.1) is 0 Å². The van der Waals surface area contributed by atoms with Crippen molar-refractivity contribution in [3.8, 4) is 0 Å². The van der Waals surface area contributed by atoms with Crippen LogP contribution in [0.15, 0.2) is 28.9 Å². The number of hydrogen-bond donors (Lipinski definition) is 2. The number of aliphatic hydroxyl groups is 1. The molecule has 1 unspecified atom stereocenters. The van der Waals surface area contributed by atoms with Gasteiger partial charge in [0.25, 0.3) is 0 Å². The molecule has 17 heavy (non-hydrogen) atoms. The number of nitrogens with zero attached hydrogens (tertiary/aromatic N) is 1. The van der Waals surface area contributed by atoms with Crippen LogP contribution in [-0.2, 0) is 11.3 Å². The fourth-order valence-electron chi connectivity index (χ4n) is 1.91. The van der Waals surface area contributed by atoms with E-state index in [0.717, 1.165) is 21.9 Å². The number of carboxylic acid groups (broad SMARTS) is 1. The van der Waals surface area contributed by atoms with Gasteiger partial charge in [-0.05, 0) is 25.1 Å². The molecule has 0 radical (unpaired) electrons. The third kappa shape index (κ3) is 2.08. The van der Waals surface area contributed by atoms with Gasteiger partial charge < -0.3 is 14.8 Å². The molecule has 0 fully saturated rings. The van der Waals surface area contributed by atoms with Crippen molar-refractivity contribution in [1.29, 1.82) is 0 Å². The lowest BCUT2D eigenvalue weighted by molar-refractivity contribution is -0.146. The lowest BCUT2D eigenvalue weighted by atomic mass is 10.1. The maximum absolute atomic E-state index is 10.9. The highest BCUT2D eigenvalue weighted by Gasteiger charge is 2.21. The quantitative estimate of drug-likeness (QED) is 0.915. The van der Waals surface area contributed by atoms with Crippen molar-refractivity contribution in [2.24, 2.45) is 0 Å². The fourth-order valence-corrected chi connectivity index (χ4v) is 2.27. The zero-order chi connectivity index (χ0) is 12.6. The van der Waals surface area contributed by atoms with Crippen LogP contribution in [-0.4, -0.2) is 20.7 Å². The molecule has 0 aliphatic carbocycles. The number of hydrogen-bond acceptors (Lipinski definition) is 2. The van der Waals surface area contributed by atoms with Crippen molar-refractivity contribution in [3.63, 3.8) is 0 Å². The van der Waals surface area contributed by atoms with Crippen molar-refractivity contribution in [2.75, 3.05) is 0 Å². The number of aliphatic hydroxyl groups excluding tert-OH is 1. The molecule has 4 nitrogen and oxygen atoms in total. The molecular weight excluding hydrogens is 286 g/mol. The van der Waals surface area contributed by atoms with Gasteiger partial charge >= 0.3 is 5.97 Å². The van der Waals surface area contributed by atoms with Gasteiger partial charge in [-0.3, -0.25) is 0 Å². The van der Waals surface area contributed by atoms with Crippen molar-refractivity contribution in [1.82, 2.24) is 4.57 Å². The van der Waals surface area contributed by atoms with Crippen LogP contribution < -0.4 is 0 Å². The first kappa shape index (κ1) is 12.1. The van der Waals surface area contributed by atoms with Gasteiger partial charge in [0, 0.05) is 33.7 Å². The monoisotopic (exact) mass is 297 g/mol. The first-order valence-electron chi connectivity index (χ1n) is 5.23. The summed E-state index contributed by atoms with van der Waals surface area (Å²) in [5, 5.41) is 19.3. The van der Waals surface area contributed by atoms with E-state index in [1.807, 2.05) is 29.7 Å². The smallest absolute Gasteiger partial charge is 0.337 e. The maximum atomic E-state index is 10.9. The molecule has 2 rings (SSSR count). The normalized spacial score (nSPS) is 12.9. The molecular formula is C12H12BrNO3. The Bertz CT molecular complexity index is 576. The van der Waals surface area contributed by atoms with E-state index in [0.29, 0.717) is 5.56 Å². The number of carbonyl (C=O) groups is 1. The number of benzene rings is 1. The van der Waals surface area contributed by atoms with E-state index in [4.69, 9.17) is 5.11 Å². The van der Waals surface area contributed by atoms with E-state index in [-0.39, 0.29) is 0 Å². The first-order valence-corrected chi connectivity index (χ1v) is 6.03. The van der Waals surface area contributed by atoms with E-state index in [9.17, 15) is 9.90 Å². The van der Waals surface area contributed by atoms with Crippen LogP contribution in [0, 0.1) is 0 Å². The lowest BCUT2D eigenvalue weighted by Gasteiger charge is -2.03. The average molecular weight is 298 g/mol. The topological polar surface area (TPSA) is 62.5 Å². The van der Waals surface area contributed by atoms with Crippen molar-refractivity contribution in [2.45, 2.75) is 19.6 Å². The molecule has 2 aromatic rings. The van der Waals surface area contributed by atoms with Crippen molar-refractivity contribution >= 4 is 32.8 Å². The van der Waals surface area contributed by atoms with Crippen LogP contribution >= 0.6 is 15.9 Å². The Hall–Kier alpha value is -1.33. The van der Waals surface area contributed by atoms with Crippen LogP contribution in [0.2, 0.25) is 0 Å². The lowest BCUT2D eigenvalue weighted by Crippen LogP contribution is -2.09. The summed E-state index contributed by atoms with van der Waals surface area (Å²) in [5.74, 6) is -1.24. The summed E-state index contributed by atoms with van der Waals surface area (Å²) in [5.41, 5.74) is 1.35. The Balaban J connectivity index is 2.70. The minimum atomic E-state index is -1.49. The highest BCUT2D eigenvalue weighted by Crippen LogP contribution is 2.29. The second kappa shape index (κ2) is 4.50. The number of fused-ring (bicyclic) bond motifs is 1. The largest absolute Gasteiger partial charge is 0.479 e. The molecule has 5 heteroatoms. The number of carboxylic acids is 1. The molecule has 1 atom stereocenters. The Kier molecular flexibility index (Phi) is 3.22. The summed E-state index contributed by atoms with van der Waals surface area (Å²) in [4.78, 5) is 10.9. The molecule has 1 aromatic carbocycles. The van der Waals surface area contributed by atoms with Gasteiger partial charge in [-0.1, -0.05) is 15.9 Å². The average Bonchev–Trinajstić information content (AvgIpc) is 2.65. The summed E-state index contributed by atoms with van der Waals surface area (Å²) in [6.07, 6.45) is 0.204. The molecule has 0 aliphatic rings. The predicted molar refractivity (Wildman–Crippen MR) is 67.9 cm³/mol. The third-order valence-electron chi connectivity index (χ3n) is 2.74. The Morgan fingerprint density at radius 1 is 1.53 bits per heavy atom. The molecule has 1 heterocycles. The van der Waals surface area contributed by atoms with Crippen LogP contribution in [0.25, 0.3) is 10.9 Å². The van der Waals surface area contributed by atoms with Gasteiger partial charge in [0.1, 0.15) is 0 Å². The number of halogens is 1. The molecule has 1 aromatic heterocycles. The molecule has 0 aliphatic heterocycles. The summed E-state index contributed by atoms with van der Waals surface area (Å²) >= 11 is 3.35. The number of rotatable bonds is 3. The Morgan fingerprint density at radius 2 is 2.24 bits per heavy atom. The van der Waals surface area contributed by atoms with Crippen molar-refractivity contribution < 1.29 is 15.0 Å². The second-order valence-corrected chi connectivity index (χ2v) is 4.69. The fraction of sp³-hybridized carbons (Fsp3) is 0.250. The summed E-state index contributed by atoms with van der Waals surface area (Å²) < 4.78 is 2.78. The van der Waals surface area contributed by atoms with Crippen molar-refractivity contribution in [3.05, 3.63) is 34.4 Å². The van der Waals surface area contributed by atoms with E-state index in [1.165, 1.54) is 0 Å². The molecule has 0 spiro atoms. The highest BCUT2D eigenvalue weighted by atomic mass is 79.9. The molecule has 0 saturated carbocycles.